The van der Waals surface area contributed by atoms with E-state index in [0.717, 1.165) is 19.3 Å². The fraction of sp³-hybridized carbons (Fsp3) is 0.615. The Morgan fingerprint density at radius 3 is 2.60 bits per heavy atom. The second-order valence-electron chi connectivity index (χ2n) is 15.9. The van der Waals surface area contributed by atoms with E-state index in [-0.39, 0.29) is 44.1 Å². The summed E-state index contributed by atoms with van der Waals surface area (Å²) in [5, 5.41) is 5.37. The Labute approximate surface area is 322 Å². The van der Waals surface area contributed by atoms with Crippen molar-refractivity contribution in [1.29, 1.82) is 0 Å². The first-order valence-electron chi connectivity index (χ1n) is 18.8. The summed E-state index contributed by atoms with van der Waals surface area (Å²) in [6, 6.07) is 2.21. The van der Waals surface area contributed by atoms with Crippen LogP contribution in [0.3, 0.4) is 0 Å². The van der Waals surface area contributed by atoms with Crippen LogP contribution in [0.1, 0.15) is 95.7 Å². The number of halogens is 4. The maximum absolute atomic E-state index is 14.7. The molecule has 16 heteroatoms. The molecule has 6 rings (SSSR count). The molecule has 1 saturated carbocycles. The minimum absolute atomic E-state index is 0.0159. The number of fused-ring (bicyclic) bond motifs is 5. The molecule has 1 aromatic carbocycles. The number of hydrogen-bond donors (Lipinski definition) is 2. The molecule has 55 heavy (non-hydrogen) atoms. The zero-order chi connectivity index (χ0) is 39.9. The van der Waals surface area contributed by atoms with Crippen molar-refractivity contribution in [3.05, 3.63) is 41.6 Å². The number of nitrogens with zero attached hydrogens (tertiary/aromatic N) is 2. The fourth-order valence-corrected chi connectivity index (χ4v) is 8.36. The minimum atomic E-state index is -4.54. The maximum Gasteiger partial charge on any atom is 0.422 e. The molecule has 1 aliphatic carbocycles. The SMILES string of the molecule is CCOC(=O)[C@@]12C[C@H]1/C=C\CCCCC[C@H](NC(=O)OC(C)(C)C)C(=O)N1C[C@@]3(CC(Cl)c4c(c(C)nc5ccc(OCC(F)(F)F)cc45)O3)C[C@H]1C(=O)N2. The summed E-state index contributed by atoms with van der Waals surface area (Å²) in [6.45, 7) is 7.08. The van der Waals surface area contributed by atoms with E-state index >= 15 is 0 Å². The molecular weight excluding hydrogens is 745 g/mol. The molecule has 4 heterocycles. The Balaban J connectivity index is 1.37. The summed E-state index contributed by atoms with van der Waals surface area (Å²) in [4.78, 5) is 61.6. The highest BCUT2D eigenvalue weighted by Crippen LogP contribution is 2.52. The summed E-state index contributed by atoms with van der Waals surface area (Å²) in [6.07, 6.45) is 2.24. The van der Waals surface area contributed by atoms with Gasteiger partial charge in [-0.05, 0) is 78.5 Å². The number of esters is 1. The van der Waals surface area contributed by atoms with Crippen LogP contribution in [-0.2, 0) is 23.9 Å². The Kier molecular flexibility index (Phi) is 11.3. The Bertz CT molecular complexity index is 1870. The molecule has 1 spiro atoms. The number of aromatic nitrogens is 1. The third kappa shape index (κ3) is 8.92. The Morgan fingerprint density at radius 1 is 1.13 bits per heavy atom. The molecule has 0 radical (unpaired) electrons. The van der Waals surface area contributed by atoms with E-state index in [1.165, 1.54) is 17.0 Å². The van der Waals surface area contributed by atoms with Gasteiger partial charge in [0.25, 0.3) is 0 Å². The van der Waals surface area contributed by atoms with Crippen LogP contribution < -0.4 is 20.1 Å². The van der Waals surface area contributed by atoms with Crippen molar-refractivity contribution >= 4 is 46.4 Å². The van der Waals surface area contributed by atoms with Crippen LogP contribution in [0, 0.1) is 12.8 Å². The topological polar surface area (TPSA) is 145 Å². The van der Waals surface area contributed by atoms with E-state index in [4.69, 9.17) is 30.5 Å². The number of benzene rings is 1. The van der Waals surface area contributed by atoms with Gasteiger partial charge in [-0.25, -0.2) is 14.6 Å². The molecule has 3 aliphatic heterocycles. The molecule has 2 N–H and O–H groups in total. The molecule has 1 unspecified atom stereocenters. The highest BCUT2D eigenvalue weighted by atomic mass is 35.5. The molecule has 6 atom stereocenters. The number of carbonyl (C=O) groups is 4. The zero-order valence-electron chi connectivity index (χ0n) is 31.6. The third-order valence-electron chi connectivity index (χ3n) is 10.4. The molecular formula is C39H48ClF3N4O8. The highest BCUT2D eigenvalue weighted by Gasteiger charge is 2.63. The Morgan fingerprint density at radius 2 is 1.89 bits per heavy atom. The quantitative estimate of drug-likeness (QED) is 0.191. The maximum atomic E-state index is 14.7. The molecule has 1 saturated heterocycles. The number of hydrogen-bond acceptors (Lipinski definition) is 9. The number of alkyl carbamates (subject to hydrolysis) is 1. The predicted octanol–water partition coefficient (Wildman–Crippen LogP) is 6.74. The average molecular weight is 793 g/mol. The van der Waals surface area contributed by atoms with Gasteiger partial charge in [0.15, 0.2) is 6.61 Å². The number of alkyl halides is 4. The molecule has 2 aromatic rings. The predicted molar refractivity (Wildman–Crippen MR) is 196 cm³/mol. The van der Waals surface area contributed by atoms with E-state index in [9.17, 15) is 32.3 Å². The van der Waals surface area contributed by atoms with Crippen LogP contribution >= 0.6 is 11.6 Å². The first-order valence-corrected chi connectivity index (χ1v) is 19.2. The summed E-state index contributed by atoms with van der Waals surface area (Å²) in [5.41, 5.74) is -1.92. The van der Waals surface area contributed by atoms with Gasteiger partial charge in [0.2, 0.25) is 11.8 Å². The summed E-state index contributed by atoms with van der Waals surface area (Å²) in [5.74, 6) is -1.69. The van der Waals surface area contributed by atoms with Gasteiger partial charge in [-0.3, -0.25) is 9.59 Å². The molecule has 12 nitrogen and oxygen atoms in total. The summed E-state index contributed by atoms with van der Waals surface area (Å²) < 4.78 is 61.6. The van der Waals surface area contributed by atoms with Crippen LogP contribution in [0.15, 0.2) is 30.4 Å². The van der Waals surface area contributed by atoms with Crippen LogP contribution in [0.25, 0.3) is 10.9 Å². The normalized spacial score (nSPS) is 29.1. The smallest absolute Gasteiger partial charge is 0.422 e. The molecule has 4 aliphatic rings. The zero-order valence-corrected chi connectivity index (χ0v) is 32.4. The highest BCUT2D eigenvalue weighted by molar-refractivity contribution is 6.22. The van der Waals surface area contributed by atoms with Crippen LogP contribution in [0.4, 0.5) is 18.0 Å². The van der Waals surface area contributed by atoms with Gasteiger partial charge < -0.3 is 34.5 Å². The van der Waals surface area contributed by atoms with Gasteiger partial charge in [-0.15, -0.1) is 11.6 Å². The van der Waals surface area contributed by atoms with Crippen molar-refractivity contribution in [2.45, 2.75) is 126 Å². The molecule has 3 amide bonds. The van der Waals surface area contributed by atoms with E-state index in [1.807, 2.05) is 12.2 Å². The number of rotatable bonds is 5. The average Bonchev–Trinajstić information content (AvgIpc) is 3.66. The molecule has 2 fully saturated rings. The van der Waals surface area contributed by atoms with Gasteiger partial charge in [-0.2, -0.15) is 13.2 Å². The fourth-order valence-electron chi connectivity index (χ4n) is 7.86. The minimum Gasteiger partial charge on any atom is -0.484 e. The van der Waals surface area contributed by atoms with Gasteiger partial charge in [0, 0.05) is 29.7 Å². The number of carbonyl (C=O) groups excluding carboxylic acids is 4. The van der Waals surface area contributed by atoms with Crippen LogP contribution in [-0.4, -0.2) is 88.5 Å². The van der Waals surface area contributed by atoms with Gasteiger partial charge >= 0.3 is 18.2 Å². The second kappa shape index (κ2) is 15.3. The lowest BCUT2D eigenvalue weighted by Gasteiger charge is -2.39. The first kappa shape index (κ1) is 40.4. The number of amides is 3. The number of allylic oxidation sites excluding steroid dienone is 1. The number of nitrogens with one attached hydrogen (secondary N) is 2. The van der Waals surface area contributed by atoms with Gasteiger partial charge in [-0.1, -0.05) is 25.0 Å². The number of pyridine rings is 1. The van der Waals surface area contributed by atoms with E-state index in [0.29, 0.717) is 40.8 Å². The van der Waals surface area contributed by atoms with E-state index < -0.39 is 70.9 Å². The summed E-state index contributed by atoms with van der Waals surface area (Å²) >= 11 is 7.16. The van der Waals surface area contributed by atoms with Crippen LogP contribution in [0.5, 0.6) is 11.5 Å². The largest absolute Gasteiger partial charge is 0.484 e. The van der Waals surface area contributed by atoms with Crippen molar-refractivity contribution in [3.63, 3.8) is 0 Å². The standard InChI is InChI=1S/C39H48ClF3N4O8/c1-6-52-34(50)38-17-23(38)12-10-8-7-9-11-13-28(45-35(51)55-36(3,4)5)33(49)47-20-37(19-29(47)32(48)46-38)18-26(40)30-25-16-24(53-21-39(41,42)43)14-15-27(25)44-22(2)31(30)54-37/h10,12,14-16,23,26,28-29H,6-9,11,13,17-21H2,1-5H3,(H,45,51)(H,46,48)/b12-10-/t23-,26?,28+,29+,37-,38-/m1/s1. The lowest BCUT2D eigenvalue weighted by molar-refractivity contribution is -0.153. The van der Waals surface area contributed by atoms with Crippen molar-refractivity contribution in [2.24, 2.45) is 5.92 Å². The second-order valence-corrected chi connectivity index (χ2v) is 16.4. The van der Waals surface area contributed by atoms with E-state index in [1.54, 1.807) is 40.7 Å². The number of ether oxygens (including phenoxy) is 4. The van der Waals surface area contributed by atoms with Crippen molar-refractivity contribution in [2.75, 3.05) is 19.8 Å². The first-order chi connectivity index (χ1) is 25.8. The van der Waals surface area contributed by atoms with E-state index in [2.05, 4.69) is 15.6 Å². The van der Waals surface area contributed by atoms with Crippen molar-refractivity contribution in [1.82, 2.24) is 20.5 Å². The van der Waals surface area contributed by atoms with Crippen molar-refractivity contribution < 1.29 is 51.3 Å². The monoisotopic (exact) mass is 792 g/mol. The van der Waals surface area contributed by atoms with Crippen LogP contribution in [0.2, 0.25) is 0 Å². The molecule has 300 valence electrons. The van der Waals surface area contributed by atoms with Gasteiger partial charge in [0.1, 0.15) is 40.3 Å². The summed E-state index contributed by atoms with van der Waals surface area (Å²) in [7, 11) is 0. The lowest BCUT2D eigenvalue weighted by atomic mass is 9.86. The third-order valence-corrected chi connectivity index (χ3v) is 10.8. The number of aryl methyl sites for hydroxylation is 1. The van der Waals surface area contributed by atoms with Gasteiger partial charge in [0.05, 0.1) is 29.7 Å². The molecule has 1 aromatic heterocycles. The molecule has 0 bridgehead atoms. The Hall–Kier alpha value is -4.27. The lowest BCUT2D eigenvalue weighted by Crippen LogP contribution is -2.57. The van der Waals surface area contributed by atoms with Crippen molar-refractivity contribution in [3.8, 4) is 11.5 Å².